The minimum absolute atomic E-state index is 0.633. The quantitative estimate of drug-likeness (QED) is 0.181. The minimum Gasteiger partial charge on any atom is -0.264 e. The first-order valence-electron chi connectivity index (χ1n) is 16.0. The number of hydrogen-bond donors (Lipinski definition) is 0. The van der Waals surface area contributed by atoms with Gasteiger partial charge in [-0.05, 0) is 66.7 Å². The van der Waals surface area contributed by atoms with Gasteiger partial charge in [-0.1, -0.05) is 146 Å². The topological polar surface area (TPSA) is 51.6 Å². The Morgan fingerprint density at radius 1 is 0.333 bits per heavy atom. The molecular formula is C44H28N4. The van der Waals surface area contributed by atoms with E-state index in [4.69, 9.17) is 15.0 Å². The van der Waals surface area contributed by atoms with Crippen molar-refractivity contribution in [3.63, 3.8) is 0 Å². The van der Waals surface area contributed by atoms with Crippen molar-refractivity contribution in [1.29, 1.82) is 0 Å². The third-order valence-electron chi connectivity index (χ3n) is 9.01. The van der Waals surface area contributed by atoms with E-state index in [2.05, 4.69) is 126 Å². The Labute approximate surface area is 278 Å². The maximum atomic E-state index is 4.99. The van der Waals surface area contributed by atoms with Gasteiger partial charge < -0.3 is 0 Å². The van der Waals surface area contributed by atoms with Crippen LogP contribution >= 0.6 is 0 Å². The second kappa shape index (κ2) is 11.7. The lowest BCUT2D eigenvalue weighted by Gasteiger charge is -2.14. The first-order valence-corrected chi connectivity index (χ1v) is 16.0. The molecule has 0 amide bonds. The first-order chi connectivity index (χ1) is 23.8. The van der Waals surface area contributed by atoms with Crippen LogP contribution in [0.5, 0.6) is 0 Å². The molecule has 4 nitrogen and oxygen atoms in total. The molecule has 0 atom stereocenters. The standard InChI is InChI=1S/C44H28N4/c1-2-10-32(11-3-1)42-46-43(33-21-16-29(17-22-33)36-12-8-26-45-28-36)48-44(47-42)34-23-18-31(19-24-34)40-27-35-25-20-30-9-4-5-13-37(30)41(35)39-15-7-6-14-38(39)40/h1-28H. The van der Waals surface area contributed by atoms with Crippen LogP contribution in [0.1, 0.15) is 0 Å². The number of nitrogens with zero attached hydrogens (tertiary/aromatic N) is 4. The van der Waals surface area contributed by atoms with Crippen molar-refractivity contribution in [3.8, 4) is 56.4 Å². The number of aromatic nitrogens is 4. The smallest absolute Gasteiger partial charge is 0.164 e. The largest absolute Gasteiger partial charge is 0.264 e. The Morgan fingerprint density at radius 2 is 0.854 bits per heavy atom. The zero-order valence-corrected chi connectivity index (χ0v) is 26.0. The monoisotopic (exact) mass is 612 g/mol. The molecule has 9 rings (SSSR count). The van der Waals surface area contributed by atoms with Crippen LogP contribution in [0, 0.1) is 0 Å². The van der Waals surface area contributed by atoms with Crippen molar-refractivity contribution < 1.29 is 0 Å². The number of fused-ring (bicyclic) bond motifs is 5. The van der Waals surface area contributed by atoms with Crippen LogP contribution in [0.3, 0.4) is 0 Å². The van der Waals surface area contributed by atoms with Gasteiger partial charge in [0.15, 0.2) is 17.5 Å². The van der Waals surface area contributed by atoms with Gasteiger partial charge >= 0.3 is 0 Å². The molecule has 224 valence electrons. The molecule has 0 N–H and O–H groups in total. The van der Waals surface area contributed by atoms with Crippen LogP contribution in [-0.4, -0.2) is 19.9 Å². The van der Waals surface area contributed by atoms with Gasteiger partial charge in [0.25, 0.3) is 0 Å². The average Bonchev–Trinajstić information content (AvgIpc) is 3.18. The minimum atomic E-state index is 0.633. The van der Waals surface area contributed by atoms with Crippen LogP contribution in [0.25, 0.3) is 88.7 Å². The SMILES string of the molecule is c1ccc(-c2nc(-c3ccc(-c4cccnc4)cc3)nc(-c3ccc(-c4cc5ccc6ccccc6c5c5ccccc45)cc3)n2)cc1. The third-order valence-corrected chi connectivity index (χ3v) is 9.01. The highest BCUT2D eigenvalue weighted by Gasteiger charge is 2.15. The molecule has 2 heterocycles. The molecule has 0 aliphatic heterocycles. The fourth-order valence-corrected chi connectivity index (χ4v) is 6.61. The molecule has 0 aliphatic rings. The summed E-state index contributed by atoms with van der Waals surface area (Å²) < 4.78 is 0. The summed E-state index contributed by atoms with van der Waals surface area (Å²) in [6, 6.07) is 55.1. The lowest BCUT2D eigenvalue weighted by atomic mass is 9.90. The molecular weight excluding hydrogens is 585 g/mol. The highest BCUT2D eigenvalue weighted by atomic mass is 15.0. The normalized spacial score (nSPS) is 11.3. The fourth-order valence-electron chi connectivity index (χ4n) is 6.61. The number of hydrogen-bond acceptors (Lipinski definition) is 4. The van der Waals surface area contributed by atoms with Gasteiger partial charge in [-0.2, -0.15) is 0 Å². The van der Waals surface area contributed by atoms with E-state index < -0.39 is 0 Å². The Balaban J connectivity index is 1.14. The van der Waals surface area contributed by atoms with E-state index >= 15 is 0 Å². The van der Waals surface area contributed by atoms with E-state index in [0.717, 1.165) is 33.4 Å². The summed E-state index contributed by atoms with van der Waals surface area (Å²) >= 11 is 0. The second-order valence-corrected chi connectivity index (χ2v) is 11.9. The summed E-state index contributed by atoms with van der Waals surface area (Å²) in [4.78, 5) is 19.1. The Morgan fingerprint density at radius 3 is 1.52 bits per heavy atom. The molecule has 48 heavy (non-hydrogen) atoms. The van der Waals surface area contributed by atoms with Crippen LogP contribution < -0.4 is 0 Å². The fraction of sp³-hybridized carbons (Fsp3) is 0. The van der Waals surface area contributed by atoms with Crippen molar-refractivity contribution in [2.24, 2.45) is 0 Å². The number of rotatable bonds is 5. The molecule has 0 unspecified atom stereocenters. The summed E-state index contributed by atoms with van der Waals surface area (Å²) in [5.74, 6) is 1.91. The Hall–Kier alpha value is -6.52. The van der Waals surface area contributed by atoms with Crippen LogP contribution in [0.15, 0.2) is 170 Å². The maximum absolute atomic E-state index is 4.99. The Bertz CT molecular complexity index is 2580. The first kappa shape index (κ1) is 27.8. The zero-order chi connectivity index (χ0) is 31.9. The second-order valence-electron chi connectivity index (χ2n) is 11.9. The molecule has 0 aliphatic carbocycles. The van der Waals surface area contributed by atoms with Crippen molar-refractivity contribution in [2.75, 3.05) is 0 Å². The lowest BCUT2D eigenvalue weighted by molar-refractivity contribution is 1.07. The predicted molar refractivity (Wildman–Crippen MR) is 197 cm³/mol. The third kappa shape index (κ3) is 4.97. The van der Waals surface area contributed by atoms with Gasteiger partial charge in [-0.25, -0.2) is 15.0 Å². The van der Waals surface area contributed by atoms with Gasteiger partial charge in [0.05, 0.1) is 0 Å². The lowest BCUT2D eigenvalue weighted by Crippen LogP contribution is -2.00. The van der Waals surface area contributed by atoms with Crippen LogP contribution in [-0.2, 0) is 0 Å². The molecule has 0 saturated carbocycles. The maximum Gasteiger partial charge on any atom is 0.164 e. The van der Waals surface area contributed by atoms with Gasteiger partial charge in [-0.15, -0.1) is 0 Å². The van der Waals surface area contributed by atoms with E-state index in [1.54, 1.807) is 6.20 Å². The summed E-state index contributed by atoms with van der Waals surface area (Å²) in [7, 11) is 0. The van der Waals surface area contributed by atoms with Crippen molar-refractivity contribution in [3.05, 3.63) is 170 Å². The molecule has 4 heteroatoms. The van der Waals surface area contributed by atoms with Crippen molar-refractivity contribution in [2.45, 2.75) is 0 Å². The van der Waals surface area contributed by atoms with Crippen molar-refractivity contribution in [1.82, 2.24) is 19.9 Å². The molecule has 9 aromatic rings. The van der Waals surface area contributed by atoms with E-state index in [-0.39, 0.29) is 0 Å². The van der Waals surface area contributed by atoms with Crippen LogP contribution in [0.4, 0.5) is 0 Å². The van der Waals surface area contributed by atoms with E-state index in [9.17, 15) is 0 Å². The highest BCUT2D eigenvalue weighted by Crippen LogP contribution is 2.39. The molecule has 2 aromatic heterocycles. The summed E-state index contributed by atoms with van der Waals surface area (Å²) in [6.45, 7) is 0. The van der Waals surface area contributed by atoms with Crippen molar-refractivity contribution >= 4 is 32.3 Å². The Kier molecular flexibility index (Phi) is 6.76. The number of benzene rings is 7. The molecule has 7 aromatic carbocycles. The summed E-state index contributed by atoms with van der Waals surface area (Å²) in [5, 5.41) is 7.55. The predicted octanol–water partition coefficient (Wildman–Crippen LogP) is 11.1. The molecule has 0 spiro atoms. The zero-order valence-electron chi connectivity index (χ0n) is 26.0. The van der Waals surface area contributed by atoms with E-state index in [1.165, 1.54) is 37.9 Å². The molecule has 0 fully saturated rings. The number of pyridine rings is 1. The van der Waals surface area contributed by atoms with E-state index in [1.807, 2.05) is 42.6 Å². The van der Waals surface area contributed by atoms with E-state index in [0.29, 0.717) is 17.5 Å². The molecule has 0 radical (unpaired) electrons. The van der Waals surface area contributed by atoms with Gasteiger partial charge in [0.2, 0.25) is 0 Å². The average molecular weight is 613 g/mol. The van der Waals surface area contributed by atoms with Gasteiger partial charge in [0, 0.05) is 29.1 Å². The molecule has 0 bridgehead atoms. The highest BCUT2D eigenvalue weighted by molar-refractivity contribution is 6.23. The van der Waals surface area contributed by atoms with Gasteiger partial charge in [0.1, 0.15) is 0 Å². The summed E-state index contributed by atoms with van der Waals surface area (Å²) in [5.41, 5.74) is 7.31. The molecule has 0 saturated heterocycles. The summed E-state index contributed by atoms with van der Waals surface area (Å²) in [6.07, 6.45) is 3.66. The van der Waals surface area contributed by atoms with Crippen LogP contribution in [0.2, 0.25) is 0 Å². The van der Waals surface area contributed by atoms with Gasteiger partial charge in [-0.3, -0.25) is 4.98 Å².